The Morgan fingerprint density at radius 1 is 0.366 bits per heavy atom. The lowest BCUT2D eigenvalue weighted by atomic mass is 10.0. The number of esters is 2. The summed E-state index contributed by atoms with van der Waals surface area (Å²) in [7, 11) is -4.39. The zero-order valence-corrected chi connectivity index (χ0v) is 55.4. The monoisotopic (exact) mass is 1180 g/mol. The normalized spacial score (nSPS) is 13.1. The third-order valence-electron chi connectivity index (χ3n) is 16.3. The summed E-state index contributed by atoms with van der Waals surface area (Å²) in [6.07, 6.45) is 85.5. The van der Waals surface area contributed by atoms with Crippen LogP contribution < -0.4 is 5.73 Å². The van der Waals surface area contributed by atoms with Crippen molar-refractivity contribution < 1.29 is 37.6 Å². The molecule has 3 N–H and O–H groups in total. The number of allylic oxidation sites excluding steroid dienone is 6. The number of unbranched alkanes of at least 4 members (excludes halogenated alkanes) is 50. The van der Waals surface area contributed by atoms with E-state index in [4.69, 9.17) is 24.3 Å². The van der Waals surface area contributed by atoms with Crippen LogP contribution in [-0.4, -0.2) is 49.3 Å². The molecule has 484 valence electrons. The quantitative estimate of drug-likeness (QED) is 0.0264. The Balaban J connectivity index is 3.74. The number of carbonyl (C=O) groups is 2. The van der Waals surface area contributed by atoms with Crippen LogP contribution in [0.3, 0.4) is 0 Å². The van der Waals surface area contributed by atoms with Crippen LogP contribution in [0.4, 0.5) is 0 Å². The van der Waals surface area contributed by atoms with Crippen molar-refractivity contribution in [2.24, 2.45) is 5.73 Å². The highest BCUT2D eigenvalue weighted by atomic mass is 31.2. The standard InChI is InChI=1S/C72H138NO8P/c1-3-5-7-9-11-13-15-17-19-21-23-25-26-27-28-29-30-31-32-33-34-35-36-37-38-39-40-41-42-43-44-45-47-49-51-53-55-57-59-61-63-65-72(75)81-70(69-80-82(76,77)79-67-66-73)68-78-71(74)64-62-60-58-56-54-52-50-48-46-24-22-20-18-16-14-12-10-8-6-4-2/h15,17,21,23,26-27,70H,3-14,16,18-20,22,24-25,28-69,73H2,1-2H3,(H,76,77)/b17-15-,23-21-,27-26-. The molecule has 0 spiro atoms. The van der Waals surface area contributed by atoms with Gasteiger partial charge in [-0.15, -0.1) is 0 Å². The minimum Gasteiger partial charge on any atom is -0.462 e. The number of rotatable bonds is 69. The zero-order valence-electron chi connectivity index (χ0n) is 54.5. The Morgan fingerprint density at radius 2 is 0.634 bits per heavy atom. The minimum atomic E-state index is -4.39. The SMILES string of the molecule is CCCCCCC/C=C\C/C=C\C/C=C\CCCCCCCCCCCCCCCCCCCCCCCCCCCCC(=O)OC(COC(=O)CCCCCCCCCCCCCCCCCCCCCC)COP(=O)(O)OCCN. The summed E-state index contributed by atoms with van der Waals surface area (Å²) < 4.78 is 33.2. The molecule has 0 aliphatic heterocycles. The summed E-state index contributed by atoms with van der Waals surface area (Å²) in [5, 5.41) is 0. The molecule has 0 saturated carbocycles. The lowest BCUT2D eigenvalue weighted by Crippen LogP contribution is -2.29. The lowest BCUT2D eigenvalue weighted by Gasteiger charge is -2.19. The molecule has 2 atom stereocenters. The van der Waals surface area contributed by atoms with Crippen LogP contribution in [0.5, 0.6) is 0 Å². The van der Waals surface area contributed by atoms with E-state index in [1.807, 2.05) is 0 Å². The van der Waals surface area contributed by atoms with E-state index < -0.39 is 26.5 Å². The molecule has 82 heavy (non-hydrogen) atoms. The van der Waals surface area contributed by atoms with E-state index in [0.717, 1.165) is 44.9 Å². The van der Waals surface area contributed by atoms with Gasteiger partial charge in [0.2, 0.25) is 0 Å². The van der Waals surface area contributed by atoms with Gasteiger partial charge in [-0.3, -0.25) is 18.6 Å². The molecule has 0 aromatic rings. The van der Waals surface area contributed by atoms with Crippen LogP contribution in [0.2, 0.25) is 0 Å². The van der Waals surface area contributed by atoms with Crippen LogP contribution in [0.15, 0.2) is 36.5 Å². The van der Waals surface area contributed by atoms with Gasteiger partial charge >= 0.3 is 19.8 Å². The van der Waals surface area contributed by atoms with Gasteiger partial charge in [-0.25, -0.2) is 4.57 Å². The summed E-state index contributed by atoms with van der Waals surface area (Å²) in [5.41, 5.74) is 5.40. The molecule has 0 aliphatic carbocycles. The van der Waals surface area contributed by atoms with E-state index in [1.165, 1.54) is 302 Å². The summed E-state index contributed by atoms with van der Waals surface area (Å²) in [6.45, 7) is 3.81. The van der Waals surface area contributed by atoms with Crippen molar-refractivity contribution in [1.29, 1.82) is 0 Å². The molecule has 0 radical (unpaired) electrons. The Labute approximate surface area is 509 Å². The lowest BCUT2D eigenvalue weighted by molar-refractivity contribution is -0.161. The third-order valence-corrected chi connectivity index (χ3v) is 17.3. The van der Waals surface area contributed by atoms with Gasteiger partial charge < -0.3 is 20.1 Å². The molecule has 2 unspecified atom stereocenters. The molecule has 0 aromatic carbocycles. The summed E-state index contributed by atoms with van der Waals surface area (Å²) >= 11 is 0. The molecular weight excluding hydrogens is 1040 g/mol. The van der Waals surface area contributed by atoms with E-state index in [9.17, 15) is 19.0 Å². The molecule has 0 heterocycles. The smallest absolute Gasteiger partial charge is 0.462 e. The molecule has 0 amide bonds. The maximum absolute atomic E-state index is 12.8. The van der Waals surface area contributed by atoms with Crippen molar-refractivity contribution in [2.45, 2.75) is 386 Å². The van der Waals surface area contributed by atoms with Gasteiger partial charge in [0.25, 0.3) is 0 Å². The highest BCUT2D eigenvalue weighted by Crippen LogP contribution is 2.43. The molecule has 10 heteroatoms. The summed E-state index contributed by atoms with van der Waals surface area (Å²) in [6, 6.07) is 0. The number of hydrogen-bond acceptors (Lipinski definition) is 8. The van der Waals surface area contributed by atoms with Gasteiger partial charge in [-0.2, -0.15) is 0 Å². The van der Waals surface area contributed by atoms with Crippen molar-refractivity contribution in [3.05, 3.63) is 36.5 Å². The first-order valence-electron chi connectivity index (χ1n) is 36.0. The largest absolute Gasteiger partial charge is 0.472 e. The number of nitrogens with two attached hydrogens (primary N) is 1. The second-order valence-electron chi connectivity index (χ2n) is 24.5. The highest BCUT2D eigenvalue weighted by molar-refractivity contribution is 7.47. The van der Waals surface area contributed by atoms with Gasteiger partial charge in [0.1, 0.15) is 6.61 Å². The van der Waals surface area contributed by atoms with Gasteiger partial charge in [0, 0.05) is 19.4 Å². The van der Waals surface area contributed by atoms with Gasteiger partial charge in [-0.05, 0) is 51.4 Å². The van der Waals surface area contributed by atoms with Crippen LogP contribution >= 0.6 is 7.82 Å². The van der Waals surface area contributed by atoms with E-state index in [0.29, 0.717) is 6.42 Å². The number of phosphoric ester groups is 1. The fourth-order valence-corrected chi connectivity index (χ4v) is 11.7. The summed E-state index contributed by atoms with van der Waals surface area (Å²) in [5.74, 6) is -0.803. The zero-order chi connectivity index (χ0) is 59.4. The first kappa shape index (κ1) is 80.2. The van der Waals surface area contributed by atoms with Gasteiger partial charge in [0.15, 0.2) is 6.10 Å². The van der Waals surface area contributed by atoms with E-state index >= 15 is 0 Å². The number of hydrogen-bond donors (Lipinski definition) is 2. The van der Waals surface area contributed by atoms with Gasteiger partial charge in [0.05, 0.1) is 13.2 Å². The maximum atomic E-state index is 12.8. The fraction of sp³-hybridized carbons (Fsp3) is 0.889. The predicted octanol–water partition coefficient (Wildman–Crippen LogP) is 23.5. The first-order chi connectivity index (χ1) is 40.3. The number of phosphoric acid groups is 1. The van der Waals surface area contributed by atoms with E-state index in [2.05, 4.69) is 50.3 Å². The topological polar surface area (TPSA) is 134 Å². The van der Waals surface area contributed by atoms with Crippen LogP contribution in [0.1, 0.15) is 380 Å². The molecular formula is C72H138NO8P. The number of ether oxygens (including phenoxy) is 2. The Morgan fingerprint density at radius 3 is 0.939 bits per heavy atom. The van der Waals surface area contributed by atoms with Gasteiger partial charge in [-0.1, -0.05) is 352 Å². The van der Waals surface area contributed by atoms with Crippen molar-refractivity contribution >= 4 is 19.8 Å². The second-order valence-corrected chi connectivity index (χ2v) is 25.9. The van der Waals surface area contributed by atoms with Crippen LogP contribution in [0.25, 0.3) is 0 Å². The molecule has 0 aromatic heterocycles. The van der Waals surface area contributed by atoms with E-state index in [-0.39, 0.29) is 38.6 Å². The number of carbonyl (C=O) groups excluding carboxylic acids is 2. The van der Waals surface area contributed by atoms with Crippen molar-refractivity contribution in [3.8, 4) is 0 Å². The fourth-order valence-electron chi connectivity index (χ4n) is 10.9. The summed E-state index contributed by atoms with van der Waals surface area (Å²) in [4.78, 5) is 35.3. The van der Waals surface area contributed by atoms with Crippen LogP contribution in [0, 0.1) is 0 Å². The Hall–Kier alpha value is -1.77. The highest BCUT2D eigenvalue weighted by Gasteiger charge is 2.26. The van der Waals surface area contributed by atoms with Crippen molar-refractivity contribution in [1.82, 2.24) is 0 Å². The van der Waals surface area contributed by atoms with E-state index in [1.54, 1.807) is 0 Å². The molecule has 0 fully saturated rings. The maximum Gasteiger partial charge on any atom is 0.472 e. The predicted molar refractivity (Wildman–Crippen MR) is 354 cm³/mol. The minimum absolute atomic E-state index is 0.0570. The third kappa shape index (κ3) is 67.4. The average Bonchev–Trinajstić information content (AvgIpc) is 3.47. The molecule has 0 bridgehead atoms. The molecule has 0 saturated heterocycles. The molecule has 0 rings (SSSR count). The average molecular weight is 1180 g/mol. The van der Waals surface area contributed by atoms with Crippen LogP contribution in [-0.2, 0) is 32.7 Å². The Kier molecular flexibility index (Phi) is 66.9. The first-order valence-corrected chi connectivity index (χ1v) is 37.5. The van der Waals surface area contributed by atoms with Crippen molar-refractivity contribution in [3.63, 3.8) is 0 Å². The Bertz CT molecular complexity index is 1440. The second kappa shape index (κ2) is 68.3. The molecule has 0 aliphatic rings. The van der Waals surface area contributed by atoms with Crippen molar-refractivity contribution in [2.75, 3.05) is 26.4 Å². The molecule has 9 nitrogen and oxygen atoms in total.